The molecule has 1 saturated carbocycles. The van der Waals surface area contributed by atoms with Crippen LogP contribution in [0.3, 0.4) is 0 Å². The van der Waals surface area contributed by atoms with Crippen molar-refractivity contribution < 1.29 is 9.53 Å². The molecule has 0 saturated heterocycles. The minimum atomic E-state index is -0.288. The van der Waals surface area contributed by atoms with Gasteiger partial charge in [0.05, 0.1) is 6.54 Å². The minimum absolute atomic E-state index is 0.121. The third-order valence-electron chi connectivity index (χ3n) is 4.22. The number of likely N-dealkylation sites (N-methyl/N-ethyl adjacent to an activating group) is 1. The molecule has 0 atom stereocenters. The van der Waals surface area contributed by atoms with Gasteiger partial charge in [0.2, 0.25) is 5.91 Å². The zero-order chi connectivity index (χ0) is 15.1. The number of carbonyl (C=O) groups is 1. The van der Waals surface area contributed by atoms with Crippen LogP contribution < -0.4 is 10.5 Å². The summed E-state index contributed by atoms with van der Waals surface area (Å²) < 4.78 is 5.62. The number of ether oxygens (including phenoxy) is 1. The summed E-state index contributed by atoms with van der Waals surface area (Å²) in [5, 5.41) is 0. The summed E-state index contributed by atoms with van der Waals surface area (Å²) in [6, 6.07) is 9.65. The predicted octanol–water partition coefficient (Wildman–Crippen LogP) is 2.58. The van der Waals surface area contributed by atoms with Crippen LogP contribution in [0.2, 0.25) is 0 Å². The lowest BCUT2D eigenvalue weighted by Gasteiger charge is -2.34. The van der Waals surface area contributed by atoms with E-state index in [1.807, 2.05) is 37.4 Å². The van der Waals surface area contributed by atoms with Crippen LogP contribution >= 0.6 is 0 Å². The lowest BCUT2D eigenvalue weighted by Crippen LogP contribution is -2.46. The summed E-state index contributed by atoms with van der Waals surface area (Å²) in [5.41, 5.74) is 6.05. The lowest BCUT2D eigenvalue weighted by atomic mass is 9.80. The first-order valence-electron chi connectivity index (χ1n) is 7.80. The summed E-state index contributed by atoms with van der Waals surface area (Å²) in [6.45, 7) is 1.09. The van der Waals surface area contributed by atoms with Crippen molar-refractivity contribution in [1.82, 2.24) is 4.90 Å². The third kappa shape index (κ3) is 5.05. The number of rotatable bonds is 6. The SMILES string of the molecule is CN(CCOc1ccccc1)C(=O)CC1(N)CCCCC1. The fraction of sp³-hybridized carbons (Fsp3) is 0.588. The van der Waals surface area contributed by atoms with E-state index in [4.69, 9.17) is 10.5 Å². The van der Waals surface area contributed by atoms with E-state index in [1.54, 1.807) is 4.90 Å². The highest BCUT2D eigenvalue weighted by atomic mass is 16.5. The van der Waals surface area contributed by atoms with E-state index in [9.17, 15) is 4.79 Å². The Morgan fingerprint density at radius 1 is 1.24 bits per heavy atom. The van der Waals surface area contributed by atoms with Crippen molar-refractivity contribution in [3.05, 3.63) is 30.3 Å². The molecule has 1 fully saturated rings. The van der Waals surface area contributed by atoms with E-state index < -0.39 is 0 Å². The quantitative estimate of drug-likeness (QED) is 0.876. The first kappa shape index (κ1) is 15.8. The second kappa shape index (κ2) is 7.46. The molecule has 2 rings (SSSR count). The maximum absolute atomic E-state index is 12.2. The van der Waals surface area contributed by atoms with Crippen LogP contribution in [0.15, 0.2) is 30.3 Å². The van der Waals surface area contributed by atoms with Crippen molar-refractivity contribution in [3.63, 3.8) is 0 Å². The molecule has 1 aromatic carbocycles. The molecule has 0 unspecified atom stereocenters. The fourth-order valence-corrected chi connectivity index (χ4v) is 2.81. The van der Waals surface area contributed by atoms with Gasteiger partial charge in [-0.05, 0) is 25.0 Å². The Bertz CT molecular complexity index is 441. The van der Waals surface area contributed by atoms with Crippen molar-refractivity contribution in [2.24, 2.45) is 5.73 Å². The van der Waals surface area contributed by atoms with Crippen LogP contribution in [0.4, 0.5) is 0 Å². The molecule has 4 heteroatoms. The third-order valence-corrected chi connectivity index (χ3v) is 4.22. The molecule has 0 spiro atoms. The zero-order valence-corrected chi connectivity index (χ0v) is 12.9. The molecule has 1 amide bonds. The smallest absolute Gasteiger partial charge is 0.224 e. The number of carbonyl (C=O) groups excluding carboxylic acids is 1. The molecule has 0 bridgehead atoms. The molecule has 1 aliphatic rings. The molecule has 0 heterocycles. The van der Waals surface area contributed by atoms with Crippen molar-refractivity contribution in [3.8, 4) is 5.75 Å². The monoisotopic (exact) mass is 290 g/mol. The summed E-state index contributed by atoms with van der Waals surface area (Å²) in [7, 11) is 1.82. The number of nitrogens with zero attached hydrogens (tertiary/aromatic N) is 1. The highest BCUT2D eigenvalue weighted by Gasteiger charge is 2.30. The molecule has 1 aromatic rings. The molecule has 4 nitrogen and oxygen atoms in total. The topological polar surface area (TPSA) is 55.6 Å². The number of benzene rings is 1. The van der Waals surface area contributed by atoms with Gasteiger partial charge in [-0.15, -0.1) is 0 Å². The molecular formula is C17H26N2O2. The van der Waals surface area contributed by atoms with Gasteiger partial charge in [0, 0.05) is 19.0 Å². The van der Waals surface area contributed by atoms with Gasteiger partial charge in [-0.1, -0.05) is 37.5 Å². The van der Waals surface area contributed by atoms with Crippen LogP contribution in [0.25, 0.3) is 0 Å². The lowest BCUT2D eigenvalue weighted by molar-refractivity contribution is -0.131. The minimum Gasteiger partial charge on any atom is -0.492 e. The van der Waals surface area contributed by atoms with Crippen LogP contribution in [0, 0.1) is 0 Å². The van der Waals surface area contributed by atoms with Gasteiger partial charge in [-0.3, -0.25) is 4.79 Å². The molecule has 21 heavy (non-hydrogen) atoms. The predicted molar refractivity (Wildman–Crippen MR) is 84.2 cm³/mol. The molecule has 0 radical (unpaired) electrons. The summed E-state index contributed by atoms with van der Waals surface area (Å²) in [4.78, 5) is 14.0. The molecule has 0 aliphatic heterocycles. The highest BCUT2D eigenvalue weighted by molar-refractivity contribution is 5.77. The van der Waals surface area contributed by atoms with Crippen LogP contribution in [-0.2, 0) is 4.79 Å². The van der Waals surface area contributed by atoms with Crippen LogP contribution in [0.1, 0.15) is 38.5 Å². The number of para-hydroxylation sites is 1. The maximum atomic E-state index is 12.2. The zero-order valence-electron chi connectivity index (χ0n) is 12.9. The summed E-state index contributed by atoms with van der Waals surface area (Å²) in [6.07, 6.45) is 5.91. The van der Waals surface area contributed by atoms with Gasteiger partial charge in [0.15, 0.2) is 0 Å². The molecule has 0 aromatic heterocycles. The highest BCUT2D eigenvalue weighted by Crippen LogP contribution is 2.29. The van der Waals surface area contributed by atoms with E-state index in [2.05, 4.69) is 0 Å². The first-order valence-corrected chi connectivity index (χ1v) is 7.80. The van der Waals surface area contributed by atoms with Crippen molar-refractivity contribution in [2.45, 2.75) is 44.1 Å². The van der Waals surface area contributed by atoms with Crippen molar-refractivity contribution in [2.75, 3.05) is 20.2 Å². The van der Waals surface area contributed by atoms with Gasteiger partial charge in [0.25, 0.3) is 0 Å². The Kier molecular flexibility index (Phi) is 5.62. The van der Waals surface area contributed by atoms with Gasteiger partial charge >= 0.3 is 0 Å². The Balaban J connectivity index is 1.72. The van der Waals surface area contributed by atoms with E-state index in [0.29, 0.717) is 19.6 Å². The second-order valence-electron chi connectivity index (χ2n) is 6.08. The Labute approximate surface area is 127 Å². The van der Waals surface area contributed by atoms with Crippen LogP contribution in [-0.4, -0.2) is 36.5 Å². The number of hydrogen-bond donors (Lipinski definition) is 1. The number of amides is 1. The largest absolute Gasteiger partial charge is 0.492 e. The van der Waals surface area contributed by atoms with Gasteiger partial charge in [0.1, 0.15) is 12.4 Å². The first-order chi connectivity index (χ1) is 10.1. The van der Waals surface area contributed by atoms with E-state index >= 15 is 0 Å². The molecular weight excluding hydrogens is 264 g/mol. The fourth-order valence-electron chi connectivity index (χ4n) is 2.81. The van der Waals surface area contributed by atoms with Gasteiger partial charge < -0.3 is 15.4 Å². The van der Waals surface area contributed by atoms with Crippen molar-refractivity contribution in [1.29, 1.82) is 0 Å². The molecule has 116 valence electrons. The Hall–Kier alpha value is -1.55. The Morgan fingerprint density at radius 3 is 2.57 bits per heavy atom. The molecule has 1 aliphatic carbocycles. The summed E-state index contributed by atoms with van der Waals surface area (Å²) >= 11 is 0. The van der Waals surface area contributed by atoms with Crippen LogP contribution in [0.5, 0.6) is 5.75 Å². The second-order valence-corrected chi connectivity index (χ2v) is 6.08. The van der Waals surface area contributed by atoms with Gasteiger partial charge in [-0.2, -0.15) is 0 Å². The average molecular weight is 290 g/mol. The van der Waals surface area contributed by atoms with E-state index in [0.717, 1.165) is 31.4 Å². The number of hydrogen-bond acceptors (Lipinski definition) is 3. The van der Waals surface area contributed by atoms with E-state index in [-0.39, 0.29) is 11.4 Å². The van der Waals surface area contributed by atoms with Gasteiger partial charge in [-0.25, -0.2) is 0 Å². The normalized spacial score (nSPS) is 17.2. The summed E-state index contributed by atoms with van der Waals surface area (Å²) in [5.74, 6) is 0.956. The molecule has 2 N–H and O–H groups in total. The maximum Gasteiger partial charge on any atom is 0.224 e. The number of nitrogens with two attached hydrogens (primary N) is 1. The standard InChI is InChI=1S/C17H26N2O2/c1-19(12-13-21-15-8-4-2-5-9-15)16(20)14-17(18)10-6-3-7-11-17/h2,4-5,8-9H,3,6-7,10-14,18H2,1H3. The Morgan fingerprint density at radius 2 is 1.90 bits per heavy atom. The van der Waals surface area contributed by atoms with Crippen molar-refractivity contribution >= 4 is 5.91 Å². The average Bonchev–Trinajstić information content (AvgIpc) is 2.48. The van der Waals surface area contributed by atoms with E-state index in [1.165, 1.54) is 6.42 Å².